The summed E-state index contributed by atoms with van der Waals surface area (Å²) in [5, 5.41) is 16.9. The molecule has 0 aliphatic rings. The number of rotatable bonds is 4. The maximum Gasteiger partial charge on any atom is 0.315 e. The Morgan fingerprint density at radius 2 is 2.05 bits per heavy atom. The maximum absolute atomic E-state index is 11.6. The van der Waals surface area contributed by atoms with Gasteiger partial charge in [0.15, 0.2) is 0 Å². The van der Waals surface area contributed by atoms with Crippen LogP contribution >= 0.6 is 27.3 Å². The number of nitrogens with one attached hydrogen (secondary N) is 2. The first-order chi connectivity index (χ1) is 9.15. The first-order valence-corrected chi connectivity index (χ1v) is 7.34. The van der Waals surface area contributed by atoms with Crippen LogP contribution in [-0.2, 0) is 13.1 Å². The third-order valence-corrected chi connectivity index (χ3v) is 3.98. The quantitative estimate of drug-likeness (QED) is 0.800. The number of thiophene rings is 1. The van der Waals surface area contributed by atoms with E-state index in [9.17, 15) is 9.90 Å². The third-order valence-electron chi connectivity index (χ3n) is 2.47. The Morgan fingerprint density at radius 1 is 1.26 bits per heavy atom. The number of carbonyl (C=O) groups excluding carboxylic acids is 1. The van der Waals surface area contributed by atoms with Crippen LogP contribution in [-0.4, -0.2) is 11.1 Å². The minimum atomic E-state index is -0.211. The smallest absolute Gasteiger partial charge is 0.315 e. The molecule has 0 atom stereocenters. The highest BCUT2D eigenvalue weighted by molar-refractivity contribution is 9.10. The summed E-state index contributed by atoms with van der Waals surface area (Å²) in [5.74, 6) is 0.186. The Balaban J connectivity index is 1.78. The van der Waals surface area contributed by atoms with E-state index in [1.165, 1.54) is 0 Å². The first-order valence-electron chi connectivity index (χ1n) is 5.66. The van der Waals surface area contributed by atoms with Crippen molar-refractivity contribution in [3.8, 4) is 5.75 Å². The van der Waals surface area contributed by atoms with Gasteiger partial charge in [0.2, 0.25) is 0 Å². The fraction of sp³-hybridized carbons (Fsp3) is 0.154. The maximum atomic E-state index is 11.6. The van der Waals surface area contributed by atoms with Crippen molar-refractivity contribution >= 4 is 33.3 Å². The van der Waals surface area contributed by atoms with Crippen molar-refractivity contribution in [2.45, 2.75) is 13.1 Å². The van der Waals surface area contributed by atoms with Gasteiger partial charge >= 0.3 is 6.03 Å². The normalized spacial score (nSPS) is 10.2. The van der Waals surface area contributed by atoms with Crippen molar-refractivity contribution in [1.82, 2.24) is 10.6 Å². The van der Waals surface area contributed by atoms with Gasteiger partial charge in [-0.2, -0.15) is 0 Å². The minimum Gasteiger partial charge on any atom is -0.507 e. The summed E-state index contributed by atoms with van der Waals surface area (Å²) in [4.78, 5) is 12.7. The number of amides is 2. The Hall–Kier alpha value is -1.53. The molecule has 0 saturated heterocycles. The number of hydrogen-bond acceptors (Lipinski definition) is 3. The standard InChI is InChI=1S/C13H13BrN2O2S/c14-11-6-9(3-4-12(11)17)7-15-13(18)16-8-10-2-1-5-19-10/h1-6,17H,7-8H2,(H2,15,16,18). The molecule has 0 spiro atoms. The highest BCUT2D eigenvalue weighted by Crippen LogP contribution is 2.24. The molecule has 0 radical (unpaired) electrons. The number of halogens is 1. The number of phenolic OH excluding ortho intramolecular Hbond substituents is 1. The number of phenols is 1. The van der Waals surface area contributed by atoms with E-state index in [2.05, 4.69) is 26.6 Å². The first kappa shape index (κ1) is 13.9. The van der Waals surface area contributed by atoms with Crippen LogP contribution in [0.5, 0.6) is 5.75 Å². The summed E-state index contributed by atoms with van der Waals surface area (Å²) in [6, 6.07) is 8.84. The summed E-state index contributed by atoms with van der Waals surface area (Å²) >= 11 is 4.84. The van der Waals surface area contributed by atoms with Crippen LogP contribution < -0.4 is 10.6 Å². The van der Waals surface area contributed by atoms with Crippen LogP contribution in [0.25, 0.3) is 0 Å². The molecule has 1 aromatic heterocycles. The largest absolute Gasteiger partial charge is 0.507 e. The van der Waals surface area contributed by atoms with Crippen molar-refractivity contribution < 1.29 is 9.90 Å². The van der Waals surface area contributed by atoms with Crippen LogP contribution in [0.2, 0.25) is 0 Å². The number of carbonyl (C=O) groups is 1. The molecule has 0 aliphatic heterocycles. The predicted octanol–water partition coefficient (Wildman–Crippen LogP) is 3.22. The summed E-state index contributed by atoms with van der Waals surface area (Å²) in [7, 11) is 0. The number of hydrogen-bond donors (Lipinski definition) is 3. The van der Waals surface area contributed by atoms with E-state index in [0.717, 1.165) is 10.4 Å². The van der Waals surface area contributed by atoms with Crippen molar-refractivity contribution in [2.75, 3.05) is 0 Å². The lowest BCUT2D eigenvalue weighted by atomic mass is 10.2. The van der Waals surface area contributed by atoms with Crippen LogP contribution in [0, 0.1) is 0 Å². The molecule has 0 aliphatic carbocycles. The van der Waals surface area contributed by atoms with Gasteiger partial charge < -0.3 is 15.7 Å². The van der Waals surface area contributed by atoms with Gasteiger partial charge in [-0.3, -0.25) is 0 Å². The van der Waals surface area contributed by atoms with E-state index in [0.29, 0.717) is 17.6 Å². The van der Waals surface area contributed by atoms with Crippen LogP contribution in [0.4, 0.5) is 4.79 Å². The van der Waals surface area contributed by atoms with Gasteiger partial charge in [0.1, 0.15) is 5.75 Å². The second kappa shape index (κ2) is 6.58. The molecule has 0 saturated carbocycles. The average Bonchev–Trinajstić information content (AvgIpc) is 2.91. The second-order valence-electron chi connectivity index (χ2n) is 3.90. The molecule has 0 fully saturated rings. The topological polar surface area (TPSA) is 61.4 Å². The molecule has 4 nitrogen and oxygen atoms in total. The van der Waals surface area contributed by atoms with Gasteiger partial charge in [-0.1, -0.05) is 12.1 Å². The van der Waals surface area contributed by atoms with Gasteiger partial charge in [-0.15, -0.1) is 11.3 Å². The second-order valence-corrected chi connectivity index (χ2v) is 5.79. The lowest BCUT2D eigenvalue weighted by Gasteiger charge is -2.07. The van der Waals surface area contributed by atoms with Gasteiger partial charge in [0.25, 0.3) is 0 Å². The summed E-state index contributed by atoms with van der Waals surface area (Å²) in [6.07, 6.45) is 0. The molecule has 2 aromatic rings. The molecule has 1 heterocycles. The molecule has 0 bridgehead atoms. The van der Waals surface area contributed by atoms with E-state index >= 15 is 0 Å². The van der Waals surface area contributed by atoms with Crippen molar-refractivity contribution in [2.24, 2.45) is 0 Å². The molecule has 100 valence electrons. The molecular formula is C13H13BrN2O2S. The highest BCUT2D eigenvalue weighted by Gasteiger charge is 2.03. The summed E-state index contributed by atoms with van der Waals surface area (Å²) < 4.78 is 0.616. The van der Waals surface area contributed by atoms with Gasteiger partial charge in [-0.05, 0) is 45.1 Å². The van der Waals surface area contributed by atoms with E-state index in [-0.39, 0.29) is 11.8 Å². The van der Waals surface area contributed by atoms with Crippen LogP contribution in [0.3, 0.4) is 0 Å². The molecule has 2 amide bonds. The monoisotopic (exact) mass is 340 g/mol. The van der Waals surface area contributed by atoms with Crippen LogP contribution in [0.15, 0.2) is 40.2 Å². The average molecular weight is 341 g/mol. The summed E-state index contributed by atoms with van der Waals surface area (Å²) in [5.41, 5.74) is 0.913. The molecule has 19 heavy (non-hydrogen) atoms. The van der Waals surface area contributed by atoms with Gasteiger partial charge in [0.05, 0.1) is 11.0 Å². The van der Waals surface area contributed by atoms with Crippen LogP contribution in [0.1, 0.15) is 10.4 Å². The Morgan fingerprint density at radius 3 is 2.74 bits per heavy atom. The van der Waals surface area contributed by atoms with E-state index in [1.54, 1.807) is 29.5 Å². The zero-order valence-electron chi connectivity index (χ0n) is 10.0. The predicted molar refractivity (Wildman–Crippen MR) is 79.2 cm³/mol. The zero-order valence-corrected chi connectivity index (χ0v) is 12.4. The molecule has 0 unspecified atom stereocenters. The highest BCUT2D eigenvalue weighted by atomic mass is 79.9. The zero-order chi connectivity index (χ0) is 13.7. The molecule has 3 N–H and O–H groups in total. The fourth-order valence-corrected chi connectivity index (χ4v) is 2.56. The Kier molecular flexibility index (Phi) is 4.81. The number of aromatic hydroxyl groups is 1. The van der Waals surface area contributed by atoms with Gasteiger partial charge in [0, 0.05) is 11.4 Å². The Bertz CT molecular complexity index is 558. The van der Waals surface area contributed by atoms with Crippen molar-refractivity contribution in [1.29, 1.82) is 0 Å². The number of urea groups is 1. The third kappa shape index (κ3) is 4.25. The molecule has 2 rings (SSSR count). The fourth-order valence-electron chi connectivity index (χ4n) is 1.49. The lowest BCUT2D eigenvalue weighted by Crippen LogP contribution is -2.34. The van der Waals surface area contributed by atoms with Crippen molar-refractivity contribution in [3.05, 3.63) is 50.6 Å². The molecular weight excluding hydrogens is 328 g/mol. The summed E-state index contributed by atoms with van der Waals surface area (Å²) in [6.45, 7) is 0.942. The van der Waals surface area contributed by atoms with E-state index < -0.39 is 0 Å². The lowest BCUT2D eigenvalue weighted by molar-refractivity contribution is 0.240. The SMILES string of the molecule is O=C(NCc1ccc(O)c(Br)c1)NCc1cccs1. The van der Waals surface area contributed by atoms with Crippen molar-refractivity contribution in [3.63, 3.8) is 0 Å². The van der Waals surface area contributed by atoms with Gasteiger partial charge in [-0.25, -0.2) is 4.79 Å². The minimum absolute atomic E-state index is 0.186. The Labute approximate surface area is 123 Å². The van der Waals surface area contributed by atoms with E-state index in [1.807, 2.05) is 17.5 Å². The number of benzene rings is 1. The van der Waals surface area contributed by atoms with E-state index in [4.69, 9.17) is 0 Å². The molecule has 1 aromatic carbocycles. The molecule has 6 heteroatoms.